The van der Waals surface area contributed by atoms with E-state index in [-0.39, 0.29) is 12.2 Å². The van der Waals surface area contributed by atoms with Gasteiger partial charge in [-0.25, -0.2) is 0 Å². The first-order valence-electron chi connectivity index (χ1n) is 8.31. The number of aliphatic hydroxyl groups is 1. The summed E-state index contributed by atoms with van der Waals surface area (Å²) in [5, 5.41) is 9.97. The maximum Gasteiger partial charge on any atom is 0.328 e. The molecule has 0 amide bonds. The van der Waals surface area contributed by atoms with E-state index in [1.54, 1.807) is 20.8 Å². The van der Waals surface area contributed by atoms with Gasteiger partial charge in [0.1, 0.15) is 17.5 Å². The summed E-state index contributed by atoms with van der Waals surface area (Å²) in [5.41, 5.74) is -1.54. The average Bonchev–Trinajstić information content (AvgIpc) is 2.53. The molecule has 0 saturated heterocycles. The van der Waals surface area contributed by atoms with Crippen LogP contribution in [0.4, 0.5) is 0 Å². The maximum absolute atomic E-state index is 13.0. The molecule has 1 aromatic carbocycles. The highest BCUT2D eigenvalue weighted by Crippen LogP contribution is 2.43. The average molecular weight is 342 g/mol. The standard InChI is InChI=1S/C20H22O5/c1-19(2,3)25-18(23)20-10-9-14(21)11-17(20)24-15(12-16(20)22)13-7-5-4-6-8-13/h4-10,12,14,17,21H,11H2,1-3H3/t14?,17-,20+/m0/s1. The normalized spacial score (nSPS) is 28.6. The first-order valence-corrected chi connectivity index (χ1v) is 8.31. The molecule has 2 aliphatic rings. The van der Waals surface area contributed by atoms with Crippen molar-refractivity contribution in [1.29, 1.82) is 0 Å². The van der Waals surface area contributed by atoms with Crippen molar-refractivity contribution in [3.8, 4) is 0 Å². The molecule has 1 aliphatic heterocycles. The minimum absolute atomic E-state index is 0.145. The number of carbonyl (C=O) groups excluding carboxylic acids is 2. The maximum atomic E-state index is 13.0. The highest BCUT2D eigenvalue weighted by molar-refractivity contribution is 6.15. The van der Waals surface area contributed by atoms with Crippen LogP contribution in [0, 0.1) is 5.41 Å². The summed E-state index contributed by atoms with van der Waals surface area (Å²) in [4.78, 5) is 25.8. The number of carbonyl (C=O) groups is 2. The second-order valence-corrected chi connectivity index (χ2v) is 7.38. The van der Waals surface area contributed by atoms with Crippen LogP contribution >= 0.6 is 0 Å². The lowest BCUT2D eigenvalue weighted by Crippen LogP contribution is -2.55. The summed E-state index contributed by atoms with van der Waals surface area (Å²) in [6, 6.07) is 9.21. The van der Waals surface area contributed by atoms with E-state index in [1.165, 1.54) is 18.2 Å². The zero-order valence-electron chi connectivity index (χ0n) is 14.6. The Morgan fingerprint density at radius 2 is 1.96 bits per heavy atom. The third kappa shape index (κ3) is 3.24. The molecule has 132 valence electrons. The fraction of sp³-hybridized carbons (Fsp3) is 0.400. The Hall–Kier alpha value is -2.40. The molecular formula is C20H22O5. The quantitative estimate of drug-likeness (QED) is 0.508. The molecule has 0 spiro atoms. The number of allylic oxidation sites excluding steroid dienone is 1. The Bertz CT molecular complexity index is 741. The zero-order chi connectivity index (χ0) is 18.2. The van der Waals surface area contributed by atoms with E-state index < -0.39 is 29.2 Å². The van der Waals surface area contributed by atoms with Gasteiger partial charge in [-0.15, -0.1) is 0 Å². The fourth-order valence-corrected chi connectivity index (χ4v) is 3.08. The second-order valence-electron chi connectivity index (χ2n) is 7.38. The first kappa shape index (κ1) is 17.4. The molecular weight excluding hydrogens is 320 g/mol. The van der Waals surface area contributed by atoms with Crippen LogP contribution in [-0.2, 0) is 19.1 Å². The predicted octanol–water partition coefficient (Wildman–Crippen LogP) is 2.64. The molecule has 5 nitrogen and oxygen atoms in total. The van der Waals surface area contributed by atoms with Crippen LogP contribution in [0.5, 0.6) is 0 Å². The van der Waals surface area contributed by atoms with E-state index in [1.807, 2.05) is 30.3 Å². The molecule has 0 fully saturated rings. The minimum Gasteiger partial charge on any atom is -0.488 e. The fourth-order valence-electron chi connectivity index (χ4n) is 3.08. The Morgan fingerprint density at radius 1 is 1.28 bits per heavy atom. The van der Waals surface area contributed by atoms with Gasteiger partial charge in [-0.3, -0.25) is 9.59 Å². The summed E-state index contributed by atoms with van der Waals surface area (Å²) < 4.78 is 11.5. The molecule has 1 heterocycles. The van der Waals surface area contributed by atoms with E-state index in [2.05, 4.69) is 0 Å². The van der Waals surface area contributed by atoms with Gasteiger partial charge >= 0.3 is 5.97 Å². The van der Waals surface area contributed by atoms with E-state index in [4.69, 9.17) is 9.47 Å². The van der Waals surface area contributed by atoms with Crippen molar-refractivity contribution in [2.75, 3.05) is 0 Å². The molecule has 1 aliphatic carbocycles. The summed E-state index contributed by atoms with van der Waals surface area (Å²) >= 11 is 0. The molecule has 25 heavy (non-hydrogen) atoms. The van der Waals surface area contributed by atoms with Crippen molar-refractivity contribution in [3.05, 3.63) is 54.1 Å². The number of fused-ring (bicyclic) bond motifs is 1. The lowest BCUT2D eigenvalue weighted by molar-refractivity contribution is -0.174. The molecule has 3 rings (SSSR count). The Balaban J connectivity index is 2.03. The van der Waals surface area contributed by atoms with Gasteiger partial charge in [0.05, 0.1) is 6.10 Å². The summed E-state index contributed by atoms with van der Waals surface area (Å²) in [6.07, 6.45) is 2.80. The van der Waals surface area contributed by atoms with E-state index in [0.29, 0.717) is 5.76 Å². The van der Waals surface area contributed by atoms with E-state index in [9.17, 15) is 14.7 Å². The van der Waals surface area contributed by atoms with Gasteiger partial charge < -0.3 is 14.6 Å². The predicted molar refractivity (Wildman–Crippen MR) is 92.3 cm³/mol. The van der Waals surface area contributed by atoms with Crippen LogP contribution in [0.2, 0.25) is 0 Å². The molecule has 5 heteroatoms. The van der Waals surface area contributed by atoms with Crippen molar-refractivity contribution in [2.45, 2.75) is 45.0 Å². The first-order chi connectivity index (χ1) is 11.7. The smallest absolute Gasteiger partial charge is 0.328 e. The number of aliphatic hydroxyl groups excluding tert-OH is 1. The third-order valence-electron chi connectivity index (χ3n) is 4.28. The molecule has 1 N–H and O–H groups in total. The Kier molecular flexibility index (Phi) is 4.29. The lowest BCUT2D eigenvalue weighted by atomic mass is 9.70. The monoisotopic (exact) mass is 342 g/mol. The molecule has 0 saturated carbocycles. The third-order valence-corrected chi connectivity index (χ3v) is 4.28. The largest absolute Gasteiger partial charge is 0.488 e. The Labute approximate surface area is 146 Å². The molecule has 1 aromatic rings. The van der Waals surface area contributed by atoms with Crippen molar-refractivity contribution in [3.63, 3.8) is 0 Å². The number of ether oxygens (including phenoxy) is 2. The van der Waals surface area contributed by atoms with Gasteiger partial charge in [0, 0.05) is 18.1 Å². The number of hydrogen-bond donors (Lipinski definition) is 1. The van der Waals surface area contributed by atoms with Crippen LogP contribution < -0.4 is 0 Å². The van der Waals surface area contributed by atoms with E-state index >= 15 is 0 Å². The van der Waals surface area contributed by atoms with Crippen molar-refractivity contribution < 1.29 is 24.2 Å². The molecule has 0 aromatic heterocycles. The van der Waals surface area contributed by atoms with Gasteiger partial charge in [0.25, 0.3) is 0 Å². The highest BCUT2D eigenvalue weighted by Gasteiger charge is 2.57. The zero-order valence-corrected chi connectivity index (χ0v) is 14.6. The van der Waals surface area contributed by atoms with Gasteiger partial charge in [-0.05, 0) is 20.8 Å². The van der Waals surface area contributed by atoms with Gasteiger partial charge in [0.15, 0.2) is 11.2 Å². The van der Waals surface area contributed by atoms with E-state index in [0.717, 1.165) is 5.56 Å². The topological polar surface area (TPSA) is 72.8 Å². The van der Waals surface area contributed by atoms with Crippen LogP contribution in [0.25, 0.3) is 5.76 Å². The second kappa shape index (κ2) is 6.15. The van der Waals surface area contributed by atoms with Crippen molar-refractivity contribution in [1.82, 2.24) is 0 Å². The number of hydrogen-bond acceptors (Lipinski definition) is 5. The number of rotatable bonds is 2. The summed E-state index contributed by atoms with van der Waals surface area (Å²) in [7, 11) is 0. The molecule has 0 bridgehead atoms. The van der Waals surface area contributed by atoms with Gasteiger partial charge in [0.2, 0.25) is 0 Å². The van der Waals surface area contributed by atoms with Crippen LogP contribution in [0.3, 0.4) is 0 Å². The lowest BCUT2D eigenvalue weighted by Gasteiger charge is -2.42. The number of esters is 1. The summed E-state index contributed by atoms with van der Waals surface area (Å²) in [6.45, 7) is 5.24. The number of benzene rings is 1. The minimum atomic E-state index is -1.55. The van der Waals surface area contributed by atoms with Gasteiger partial charge in [-0.2, -0.15) is 0 Å². The van der Waals surface area contributed by atoms with Gasteiger partial charge in [-0.1, -0.05) is 42.5 Å². The highest BCUT2D eigenvalue weighted by atomic mass is 16.6. The number of ketones is 1. The van der Waals surface area contributed by atoms with Crippen LogP contribution in [0.15, 0.2) is 48.6 Å². The SMILES string of the molecule is CC(C)(C)OC(=O)[C@@]12C=CC(O)C[C@@H]1OC(c1ccccc1)=CC2=O. The molecule has 1 unspecified atom stereocenters. The molecule has 0 radical (unpaired) electrons. The Morgan fingerprint density at radius 3 is 2.60 bits per heavy atom. The van der Waals surface area contributed by atoms with Crippen LogP contribution in [-0.4, -0.2) is 34.7 Å². The molecule has 3 atom stereocenters. The summed E-state index contributed by atoms with van der Waals surface area (Å²) in [5.74, 6) is -0.640. The van der Waals surface area contributed by atoms with Crippen LogP contribution in [0.1, 0.15) is 32.8 Å². The van der Waals surface area contributed by atoms with Crippen molar-refractivity contribution in [2.24, 2.45) is 5.41 Å². The van der Waals surface area contributed by atoms with Crippen molar-refractivity contribution >= 4 is 17.5 Å².